The molecule has 1 aromatic carbocycles. The van der Waals surface area contributed by atoms with E-state index in [1.54, 1.807) is 17.0 Å². The second kappa shape index (κ2) is 10.7. The second-order valence-electron chi connectivity index (χ2n) is 7.13. The van der Waals surface area contributed by atoms with Gasteiger partial charge >= 0.3 is 0 Å². The molecule has 0 bridgehead atoms. The number of rotatable bonds is 10. The van der Waals surface area contributed by atoms with Gasteiger partial charge in [0.05, 0.1) is 12.2 Å². The van der Waals surface area contributed by atoms with Crippen LogP contribution in [0.4, 0.5) is 0 Å². The maximum atomic E-state index is 12.0. The van der Waals surface area contributed by atoms with E-state index in [1.165, 1.54) is 5.56 Å². The van der Waals surface area contributed by atoms with Crippen LogP contribution >= 0.6 is 0 Å². The van der Waals surface area contributed by atoms with Crippen LogP contribution in [0.1, 0.15) is 41.4 Å². The zero-order chi connectivity index (χ0) is 20.5. The molecule has 1 saturated heterocycles. The highest BCUT2D eigenvalue weighted by molar-refractivity contribution is 5.91. The molecular formula is C21H29N5O3. The number of likely N-dealkylation sites (tertiary alicyclic amines) is 1. The summed E-state index contributed by atoms with van der Waals surface area (Å²) < 4.78 is 7.56. The van der Waals surface area contributed by atoms with Gasteiger partial charge in [0.2, 0.25) is 0 Å². The topological polar surface area (TPSA) is 92.5 Å². The highest BCUT2D eigenvalue weighted by atomic mass is 16.5. The van der Waals surface area contributed by atoms with E-state index in [1.807, 2.05) is 18.2 Å². The summed E-state index contributed by atoms with van der Waals surface area (Å²) in [4.78, 5) is 14.5. The minimum atomic E-state index is -0.252. The summed E-state index contributed by atoms with van der Waals surface area (Å²) in [5, 5.41) is 19.7. The van der Waals surface area contributed by atoms with Gasteiger partial charge in [-0.1, -0.05) is 36.1 Å². The highest BCUT2D eigenvalue weighted by Gasteiger charge is 2.23. The predicted molar refractivity (Wildman–Crippen MR) is 110 cm³/mol. The molecule has 1 fully saturated rings. The molecule has 2 heterocycles. The molecule has 0 saturated carbocycles. The molecule has 3 rings (SSSR count). The van der Waals surface area contributed by atoms with E-state index < -0.39 is 0 Å². The lowest BCUT2D eigenvalue weighted by Crippen LogP contribution is -2.34. The van der Waals surface area contributed by atoms with Gasteiger partial charge in [-0.05, 0) is 25.3 Å². The number of hydrogen-bond donors (Lipinski definition) is 2. The number of aliphatic hydroxyl groups excluding tert-OH is 1. The number of ether oxygens (including phenoxy) is 1. The van der Waals surface area contributed by atoms with Crippen molar-refractivity contribution in [1.82, 2.24) is 25.2 Å². The number of carbonyl (C=O) groups is 1. The van der Waals surface area contributed by atoms with Gasteiger partial charge in [0.1, 0.15) is 12.4 Å². The third kappa shape index (κ3) is 5.88. The van der Waals surface area contributed by atoms with Crippen molar-refractivity contribution in [3.63, 3.8) is 0 Å². The maximum absolute atomic E-state index is 12.0. The molecule has 1 aromatic heterocycles. The molecular weight excluding hydrogens is 370 g/mol. The van der Waals surface area contributed by atoms with E-state index in [-0.39, 0.29) is 18.6 Å². The molecule has 1 aliphatic rings. The van der Waals surface area contributed by atoms with Crippen LogP contribution in [0.5, 0.6) is 5.75 Å². The monoisotopic (exact) mass is 399 g/mol. The molecule has 1 aliphatic heterocycles. The van der Waals surface area contributed by atoms with Gasteiger partial charge < -0.3 is 15.2 Å². The minimum Gasteiger partial charge on any atom is -0.489 e. The summed E-state index contributed by atoms with van der Waals surface area (Å²) in [5.74, 6) is 0.654. The number of nitrogens with zero attached hydrogens (tertiary/aromatic N) is 4. The molecule has 2 aromatic rings. The Morgan fingerprint density at radius 2 is 2.14 bits per heavy atom. The molecule has 0 aliphatic carbocycles. The number of benzene rings is 1. The average molecular weight is 399 g/mol. The van der Waals surface area contributed by atoms with Crippen LogP contribution in [0.3, 0.4) is 0 Å². The summed E-state index contributed by atoms with van der Waals surface area (Å²) >= 11 is 0. The Labute approximate surface area is 171 Å². The minimum absolute atomic E-state index is 0.0520. The van der Waals surface area contributed by atoms with Gasteiger partial charge in [-0.2, -0.15) is 0 Å². The van der Waals surface area contributed by atoms with Crippen molar-refractivity contribution in [3.8, 4) is 5.75 Å². The predicted octanol–water partition coefficient (Wildman–Crippen LogP) is 1.79. The third-order valence-corrected chi connectivity index (χ3v) is 5.02. The summed E-state index contributed by atoms with van der Waals surface area (Å²) in [6.45, 7) is 7.42. The standard InChI is InChI=1S/C21H29N5O3/c1-2-14-29-20-7-4-3-6-17(20)15-25-11-8-18(9-12-25)26-16-19(23-24-26)21(28)22-10-5-13-27/h2-4,6-7,16,18,27H,1,5,8-15H2,(H,22,28). The average Bonchev–Trinajstić information content (AvgIpc) is 3.24. The molecule has 0 atom stereocenters. The lowest BCUT2D eigenvalue weighted by Gasteiger charge is -2.32. The Morgan fingerprint density at radius 3 is 2.90 bits per heavy atom. The van der Waals surface area contributed by atoms with Crippen LogP contribution in [-0.4, -0.2) is 63.8 Å². The van der Waals surface area contributed by atoms with Crippen molar-refractivity contribution in [2.45, 2.75) is 31.8 Å². The number of hydrogen-bond acceptors (Lipinski definition) is 6. The fraction of sp³-hybridized carbons (Fsp3) is 0.476. The van der Waals surface area contributed by atoms with Crippen LogP contribution in [0.25, 0.3) is 0 Å². The Kier molecular flexibility index (Phi) is 7.77. The van der Waals surface area contributed by atoms with E-state index >= 15 is 0 Å². The van der Waals surface area contributed by atoms with Gasteiger partial charge in [-0.3, -0.25) is 9.69 Å². The molecule has 0 spiro atoms. The second-order valence-corrected chi connectivity index (χ2v) is 7.13. The molecule has 0 unspecified atom stereocenters. The number of aromatic nitrogens is 3. The fourth-order valence-electron chi connectivity index (χ4n) is 3.44. The Morgan fingerprint density at radius 1 is 1.34 bits per heavy atom. The third-order valence-electron chi connectivity index (χ3n) is 5.02. The van der Waals surface area contributed by atoms with E-state index in [4.69, 9.17) is 9.84 Å². The van der Waals surface area contributed by atoms with Crippen molar-refractivity contribution in [1.29, 1.82) is 0 Å². The smallest absolute Gasteiger partial charge is 0.273 e. The summed E-state index contributed by atoms with van der Waals surface area (Å²) in [5.41, 5.74) is 1.49. The Balaban J connectivity index is 1.51. The van der Waals surface area contributed by atoms with E-state index in [0.29, 0.717) is 25.3 Å². The molecule has 2 N–H and O–H groups in total. The molecule has 8 heteroatoms. The number of nitrogens with one attached hydrogen (secondary N) is 1. The van der Waals surface area contributed by atoms with Crippen molar-refractivity contribution in [2.75, 3.05) is 32.8 Å². The molecule has 29 heavy (non-hydrogen) atoms. The molecule has 1 amide bonds. The first-order valence-corrected chi connectivity index (χ1v) is 10.1. The van der Waals surface area contributed by atoms with E-state index in [0.717, 1.165) is 38.2 Å². The Bertz CT molecular complexity index is 799. The lowest BCUT2D eigenvalue weighted by molar-refractivity contribution is 0.0946. The SMILES string of the molecule is C=CCOc1ccccc1CN1CCC(n2cc(C(=O)NCCCO)nn2)CC1. The number of aliphatic hydroxyl groups is 1. The summed E-state index contributed by atoms with van der Waals surface area (Å²) in [6.07, 6.45) is 5.89. The van der Waals surface area contributed by atoms with Crippen molar-refractivity contribution in [2.24, 2.45) is 0 Å². The van der Waals surface area contributed by atoms with Crippen molar-refractivity contribution < 1.29 is 14.6 Å². The highest BCUT2D eigenvalue weighted by Crippen LogP contribution is 2.25. The van der Waals surface area contributed by atoms with Crippen molar-refractivity contribution >= 4 is 5.91 Å². The van der Waals surface area contributed by atoms with Gasteiger partial charge in [0.15, 0.2) is 5.69 Å². The zero-order valence-corrected chi connectivity index (χ0v) is 16.7. The van der Waals surface area contributed by atoms with Gasteiger partial charge in [0, 0.05) is 38.3 Å². The number of carbonyl (C=O) groups excluding carboxylic acids is 1. The Hall–Kier alpha value is -2.71. The van der Waals surface area contributed by atoms with E-state index in [2.05, 4.69) is 33.2 Å². The molecule has 8 nitrogen and oxygen atoms in total. The van der Waals surface area contributed by atoms with Gasteiger partial charge in [0.25, 0.3) is 5.91 Å². The van der Waals surface area contributed by atoms with Crippen LogP contribution in [0, 0.1) is 0 Å². The van der Waals surface area contributed by atoms with Gasteiger partial charge in [-0.15, -0.1) is 5.10 Å². The number of para-hydroxylation sites is 1. The molecule has 0 radical (unpaired) electrons. The van der Waals surface area contributed by atoms with Gasteiger partial charge in [-0.25, -0.2) is 4.68 Å². The quantitative estimate of drug-likeness (QED) is 0.467. The number of amides is 1. The fourth-order valence-corrected chi connectivity index (χ4v) is 3.44. The maximum Gasteiger partial charge on any atom is 0.273 e. The lowest BCUT2D eigenvalue weighted by atomic mass is 10.0. The zero-order valence-electron chi connectivity index (χ0n) is 16.7. The summed E-state index contributed by atoms with van der Waals surface area (Å²) in [6, 6.07) is 8.35. The van der Waals surface area contributed by atoms with Crippen LogP contribution in [0.2, 0.25) is 0 Å². The molecule has 156 valence electrons. The number of piperidine rings is 1. The first-order valence-electron chi connectivity index (χ1n) is 10.1. The van der Waals surface area contributed by atoms with Crippen LogP contribution < -0.4 is 10.1 Å². The van der Waals surface area contributed by atoms with Crippen LogP contribution in [-0.2, 0) is 6.54 Å². The first kappa shape index (κ1) is 21.0. The normalized spacial score (nSPS) is 15.2. The van der Waals surface area contributed by atoms with Crippen LogP contribution in [0.15, 0.2) is 43.1 Å². The van der Waals surface area contributed by atoms with Crippen molar-refractivity contribution in [3.05, 3.63) is 54.4 Å². The summed E-state index contributed by atoms with van der Waals surface area (Å²) in [7, 11) is 0. The van der Waals surface area contributed by atoms with E-state index in [9.17, 15) is 4.79 Å². The first-order chi connectivity index (χ1) is 14.2. The largest absolute Gasteiger partial charge is 0.489 e.